The molecule has 2 aromatic rings. The number of aliphatic hydroxyl groups is 1. The predicted octanol–water partition coefficient (Wildman–Crippen LogP) is 6.93. The fourth-order valence-electron chi connectivity index (χ4n) is 14.2. The topological polar surface area (TPSA) is 217 Å². The van der Waals surface area contributed by atoms with Crippen LogP contribution < -0.4 is 4.90 Å². The van der Waals surface area contributed by atoms with Gasteiger partial charge in [-0.15, -0.1) is 5.10 Å². The zero-order valence-electron chi connectivity index (χ0n) is 52.5. The molecule has 0 unspecified atom stereocenters. The number of nitrogens with zero attached hydrogens (tertiary/aromatic N) is 7. The average molecular weight is 1310 g/mol. The van der Waals surface area contributed by atoms with E-state index >= 15 is 14.0 Å². The number of anilines is 1. The second-order valence-electron chi connectivity index (χ2n) is 25.5. The lowest BCUT2D eigenvalue weighted by Gasteiger charge is -2.50. The van der Waals surface area contributed by atoms with Gasteiger partial charge in [0.2, 0.25) is 0 Å². The van der Waals surface area contributed by atoms with E-state index in [1.807, 2.05) is 102 Å². The summed E-state index contributed by atoms with van der Waals surface area (Å²) in [6.07, 6.45) is -0.340. The lowest BCUT2D eigenvalue weighted by Crippen LogP contribution is -2.60. The highest BCUT2D eigenvalue weighted by atomic mass is 127. The molecule has 0 spiro atoms. The van der Waals surface area contributed by atoms with Crippen molar-refractivity contribution in [1.29, 1.82) is 0 Å². The van der Waals surface area contributed by atoms with Gasteiger partial charge in [-0.2, -0.15) is 0 Å². The Hall–Kier alpha value is -3.25. The molecule has 1 aromatic carbocycles. The van der Waals surface area contributed by atoms with E-state index in [-0.39, 0.29) is 30.8 Å². The third-order valence-electron chi connectivity index (χ3n) is 19.0. The van der Waals surface area contributed by atoms with Gasteiger partial charge in [-0.05, 0) is 108 Å². The molecule has 6 saturated heterocycles. The molecule has 1 N–H and O–H groups in total. The van der Waals surface area contributed by atoms with Crippen LogP contribution in [0.15, 0.2) is 30.5 Å². The van der Waals surface area contributed by atoms with Crippen LogP contribution in [-0.4, -0.2) is 230 Å². The third-order valence-corrected chi connectivity index (χ3v) is 20.5. The smallest absolute Gasteiger partial charge is 0.410 e. The summed E-state index contributed by atoms with van der Waals surface area (Å²) in [6.45, 7) is 23.3. The minimum Gasteiger partial charge on any atom is -0.447 e. The number of amides is 1. The Morgan fingerprint density at radius 3 is 2.21 bits per heavy atom. The number of Topliss-reactive ketones (excluding diaryl/α,β-unsaturated/α-hetero) is 1. The van der Waals surface area contributed by atoms with Gasteiger partial charge in [-0.25, -0.2) is 13.9 Å². The van der Waals surface area contributed by atoms with Gasteiger partial charge < -0.3 is 71.9 Å². The first-order chi connectivity index (χ1) is 40.4. The van der Waals surface area contributed by atoms with Gasteiger partial charge in [-0.3, -0.25) is 14.5 Å². The van der Waals surface area contributed by atoms with Crippen molar-refractivity contribution in [2.45, 2.75) is 189 Å². The number of likely N-dealkylation sites (N-methyl/N-ethyl adjacent to an activating group) is 1. The summed E-state index contributed by atoms with van der Waals surface area (Å²) in [5.41, 5.74) is -0.971. The fourth-order valence-corrected chi connectivity index (χ4v) is 14.9. The largest absolute Gasteiger partial charge is 0.447 e. The lowest BCUT2D eigenvalue weighted by atomic mass is 9.74. The Bertz CT molecular complexity index is 2500. The monoisotopic (exact) mass is 1310 g/mol. The van der Waals surface area contributed by atoms with Crippen molar-refractivity contribution in [1.82, 2.24) is 29.7 Å². The van der Waals surface area contributed by atoms with E-state index in [0.29, 0.717) is 77.3 Å². The Morgan fingerprint density at radius 2 is 1.56 bits per heavy atom. The first kappa shape index (κ1) is 67.7. The molecule has 6 fully saturated rings. The van der Waals surface area contributed by atoms with E-state index in [4.69, 9.17) is 52.1 Å². The first-order valence-corrected chi connectivity index (χ1v) is 31.9. The van der Waals surface area contributed by atoms with Crippen molar-refractivity contribution in [3.05, 3.63) is 41.7 Å². The number of methoxy groups -OCH3 is 3. The molecular weight excluding hydrogens is 1220 g/mol. The standard InChI is InChI=1S/C61H97FIN7O15/c1-38-33-59(8,77-13)54(81-49-32-47(31-39(2)80-49)66(10)22-19-45-36-70(65-64-45)48(35-62)52(75-11)44-15-17-46(18-16-44)68-25-29-79-30-26-68)42(5)51(84-61(74)37-58(7,76-12)34-40(3)83-61)43(6)55(72)82-56(63)60(9)53(41(4)50(38)71)69(57(73)85-60)21-14-20-67-23-27-78-28-24-67/h15-18,36,38-43,47-49,51-54,56,74H,14,19-35,37H2,1-13H3/t38-,39-,40+,41+,42+,43-,47+,48-,49+,51+,52-,53-,54-,56+,58+,59-,60+,61+/m1/s1. The SMILES string of the molecule is CO[C@H](c1ccc(N2CCOCC2)cc1)[C@@H](CF)n1cc(CCN(C)[C@@H]2C[C@H](O[C@@H]3[C@@H](C)[C@H](O[C@]4(O)C[C@@](C)(OC)C[C@H](C)O4)[C@@H](C)C(=O)O[C@H](I)[C@@]4(C)OC(=O)N(CCCN5CCOCC5)[C@@H]4[C@@H](C)C(=O)[C@H](C)C[C@@]3(C)OC)O[C@H](C)C2)nn1. The van der Waals surface area contributed by atoms with E-state index in [9.17, 15) is 9.90 Å². The fraction of sp³-hybridized carbons (Fsp3) is 0.820. The van der Waals surface area contributed by atoms with Gasteiger partial charge in [0.25, 0.3) is 5.97 Å². The minimum atomic E-state index is -2.24. The summed E-state index contributed by atoms with van der Waals surface area (Å²) in [5, 5.41) is 21.4. The van der Waals surface area contributed by atoms with Crippen LogP contribution >= 0.6 is 22.6 Å². The molecule has 1 amide bonds. The van der Waals surface area contributed by atoms with E-state index in [1.54, 1.807) is 51.0 Å². The molecule has 0 saturated carbocycles. The van der Waals surface area contributed by atoms with Gasteiger partial charge in [0.1, 0.15) is 24.6 Å². The number of rotatable bonds is 20. The van der Waals surface area contributed by atoms with Gasteiger partial charge in [0.15, 0.2) is 16.0 Å². The predicted molar refractivity (Wildman–Crippen MR) is 321 cm³/mol. The summed E-state index contributed by atoms with van der Waals surface area (Å²) in [5.74, 6) is -6.39. The highest BCUT2D eigenvalue weighted by molar-refractivity contribution is 14.1. The molecule has 6 aliphatic rings. The van der Waals surface area contributed by atoms with Crippen molar-refractivity contribution in [2.24, 2.45) is 23.7 Å². The van der Waals surface area contributed by atoms with Crippen molar-refractivity contribution in [3.8, 4) is 0 Å². The molecule has 24 heteroatoms. The van der Waals surface area contributed by atoms with Gasteiger partial charge in [-0.1, -0.05) is 38.1 Å². The summed E-state index contributed by atoms with van der Waals surface area (Å²) < 4.78 is 84.8. The number of carbonyl (C=O) groups is 3. The number of cyclic esters (lactones) is 1. The van der Waals surface area contributed by atoms with Crippen LogP contribution in [0.2, 0.25) is 0 Å². The highest BCUT2D eigenvalue weighted by Gasteiger charge is 2.61. The van der Waals surface area contributed by atoms with Gasteiger partial charge in [0.05, 0.1) is 86.1 Å². The van der Waals surface area contributed by atoms with Crippen LogP contribution in [0.25, 0.3) is 0 Å². The van der Waals surface area contributed by atoms with Crippen LogP contribution in [0.1, 0.15) is 124 Å². The lowest BCUT2D eigenvalue weighted by molar-refractivity contribution is -0.428. The number of morpholine rings is 2. The van der Waals surface area contributed by atoms with Crippen molar-refractivity contribution in [3.63, 3.8) is 0 Å². The molecule has 0 bridgehead atoms. The number of alkyl halides is 2. The number of ether oxygens (including phenoxy) is 11. The molecule has 85 heavy (non-hydrogen) atoms. The minimum absolute atomic E-state index is 0.0433. The van der Waals surface area contributed by atoms with Gasteiger partial charge >= 0.3 is 12.1 Å². The number of ketones is 1. The maximum absolute atomic E-state index is 15.2. The molecule has 6 aliphatic heterocycles. The van der Waals surface area contributed by atoms with Crippen LogP contribution in [0.5, 0.6) is 0 Å². The van der Waals surface area contributed by atoms with Crippen LogP contribution in [0.3, 0.4) is 0 Å². The van der Waals surface area contributed by atoms with E-state index in [1.165, 1.54) is 0 Å². The normalized spacial score (nSPS) is 37.5. The first-order valence-electron chi connectivity index (χ1n) is 30.7. The number of esters is 1. The number of hydrogen-bond acceptors (Lipinski definition) is 20. The van der Waals surface area contributed by atoms with E-state index < -0.39 is 112 Å². The Morgan fingerprint density at radius 1 is 0.882 bits per heavy atom. The van der Waals surface area contributed by atoms with E-state index in [0.717, 1.165) is 44.0 Å². The summed E-state index contributed by atoms with van der Waals surface area (Å²) in [7, 11) is 6.78. The van der Waals surface area contributed by atoms with E-state index in [2.05, 4.69) is 25.0 Å². The number of halogens is 2. The number of fused-ring (bicyclic) bond motifs is 1. The molecule has 22 nitrogen and oxygen atoms in total. The maximum atomic E-state index is 15.2. The quantitative estimate of drug-likeness (QED) is 0.0615. The molecule has 480 valence electrons. The number of benzene rings is 1. The highest BCUT2D eigenvalue weighted by Crippen LogP contribution is 2.46. The second kappa shape index (κ2) is 29.1. The number of hydrogen-bond donors (Lipinski definition) is 1. The third kappa shape index (κ3) is 15.8. The van der Waals surface area contributed by atoms with Crippen LogP contribution in [0.4, 0.5) is 14.9 Å². The summed E-state index contributed by atoms with van der Waals surface area (Å²) >= 11 is 2.01. The zero-order chi connectivity index (χ0) is 61.6. The number of carbonyl (C=O) groups excluding carboxylic acids is 3. The van der Waals surface area contributed by atoms with Crippen LogP contribution in [-0.2, 0) is 68.1 Å². The molecule has 1 aromatic heterocycles. The van der Waals surface area contributed by atoms with Gasteiger partial charge in [0, 0.05) is 122 Å². The van der Waals surface area contributed by atoms with Crippen molar-refractivity contribution < 1.29 is 76.0 Å². The van der Waals surface area contributed by atoms with Crippen molar-refractivity contribution in [2.75, 3.05) is 112 Å². The zero-order valence-corrected chi connectivity index (χ0v) is 54.6. The molecular formula is C61H97FIN7O15. The summed E-state index contributed by atoms with van der Waals surface area (Å²) in [6, 6.07) is 6.43. The molecule has 0 aliphatic carbocycles. The summed E-state index contributed by atoms with van der Waals surface area (Å²) in [4.78, 5) is 52.8. The molecule has 18 atom stereocenters. The Balaban J connectivity index is 1.04. The number of aromatic nitrogens is 3. The molecule has 0 radical (unpaired) electrons. The Kier molecular flexibility index (Phi) is 23.2. The maximum Gasteiger partial charge on any atom is 0.410 e. The van der Waals surface area contributed by atoms with Crippen molar-refractivity contribution >= 4 is 46.1 Å². The Labute approximate surface area is 516 Å². The molecule has 8 rings (SSSR count). The van der Waals surface area contributed by atoms with Crippen LogP contribution in [0, 0.1) is 23.7 Å². The molecule has 7 heterocycles. The second-order valence-corrected chi connectivity index (χ2v) is 26.6. The average Bonchev–Trinajstić information content (AvgIpc) is 1.84.